The zero-order valence-corrected chi connectivity index (χ0v) is 21.9. The summed E-state index contributed by atoms with van der Waals surface area (Å²) in [7, 11) is 2.07. The van der Waals surface area contributed by atoms with Gasteiger partial charge in [-0.1, -0.05) is 66.9 Å². The third-order valence-corrected chi connectivity index (χ3v) is 7.14. The van der Waals surface area contributed by atoms with Crippen LogP contribution in [0.3, 0.4) is 0 Å². The first-order valence-electron chi connectivity index (χ1n) is 13.2. The van der Waals surface area contributed by atoms with Gasteiger partial charge in [0.15, 0.2) is 0 Å². The molecule has 0 bridgehead atoms. The molecule has 6 nitrogen and oxygen atoms in total. The number of amides is 2. The van der Waals surface area contributed by atoms with E-state index in [0.717, 1.165) is 49.8 Å². The lowest BCUT2D eigenvalue weighted by Gasteiger charge is -2.29. The average Bonchev–Trinajstić information content (AvgIpc) is 2.90. The number of benzene rings is 3. The van der Waals surface area contributed by atoms with Crippen LogP contribution in [0.5, 0.6) is 0 Å². The lowest BCUT2D eigenvalue weighted by atomic mass is 9.91. The van der Waals surface area contributed by atoms with E-state index < -0.39 is 0 Å². The first-order valence-corrected chi connectivity index (χ1v) is 13.2. The van der Waals surface area contributed by atoms with E-state index in [2.05, 4.69) is 46.8 Å². The number of rotatable bonds is 9. The summed E-state index contributed by atoms with van der Waals surface area (Å²) in [6.07, 6.45) is 4.94. The smallest absolute Gasteiger partial charge is 0.255 e. The van der Waals surface area contributed by atoms with Crippen LogP contribution in [-0.2, 0) is 13.0 Å². The minimum atomic E-state index is -0.194. The molecule has 0 saturated heterocycles. The maximum atomic E-state index is 13.1. The Morgan fingerprint density at radius 1 is 0.919 bits per heavy atom. The monoisotopic (exact) mass is 498 g/mol. The predicted octanol–water partition coefficient (Wildman–Crippen LogP) is 4.92. The van der Waals surface area contributed by atoms with Crippen LogP contribution in [-0.4, -0.2) is 42.4 Å². The fourth-order valence-electron chi connectivity index (χ4n) is 4.80. The molecule has 1 fully saturated rings. The van der Waals surface area contributed by atoms with Gasteiger partial charge in [-0.2, -0.15) is 0 Å². The van der Waals surface area contributed by atoms with E-state index in [1.807, 2.05) is 49.4 Å². The molecule has 3 aromatic carbocycles. The van der Waals surface area contributed by atoms with Gasteiger partial charge in [0, 0.05) is 42.0 Å². The molecule has 0 aromatic heterocycles. The highest BCUT2D eigenvalue weighted by Gasteiger charge is 2.24. The summed E-state index contributed by atoms with van der Waals surface area (Å²) in [6.45, 7) is 3.51. The summed E-state index contributed by atoms with van der Waals surface area (Å²) >= 11 is 0. The fraction of sp³-hybridized carbons (Fsp3) is 0.355. The third kappa shape index (κ3) is 7.51. The molecule has 2 unspecified atom stereocenters. The number of likely N-dealkylation sites (N-methyl/N-ethyl adjacent to an activating group) is 1. The number of nitrogens with one attached hydrogen (secondary N) is 2. The van der Waals surface area contributed by atoms with Crippen LogP contribution in [0.2, 0.25) is 0 Å². The maximum absolute atomic E-state index is 13.1. The van der Waals surface area contributed by atoms with Crippen molar-refractivity contribution < 1.29 is 9.59 Å². The fourth-order valence-corrected chi connectivity index (χ4v) is 4.80. The van der Waals surface area contributed by atoms with E-state index in [-0.39, 0.29) is 23.9 Å². The molecule has 194 valence electrons. The van der Waals surface area contributed by atoms with Gasteiger partial charge in [-0.25, -0.2) is 0 Å². The van der Waals surface area contributed by atoms with Gasteiger partial charge in [-0.05, 0) is 68.6 Å². The van der Waals surface area contributed by atoms with E-state index in [1.165, 1.54) is 5.56 Å². The molecule has 0 spiro atoms. The lowest BCUT2D eigenvalue weighted by molar-refractivity contribution is 0.0920. The Labute approximate surface area is 220 Å². The number of hydrogen-bond acceptors (Lipinski definition) is 4. The summed E-state index contributed by atoms with van der Waals surface area (Å²) in [6, 6.07) is 23.4. The van der Waals surface area contributed by atoms with Crippen molar-refractivity contribution in [2.24, 2.45) is 5.73 Å². The minimum Gasteiger partial charge on any atom is -0.348 e. The van der Waals surface area contributed by atoms with Crippen molar-refractivity contribution in [2.75, 3.05) is 18.9 Å². The van der Waals surface area contributed by atoms with Gasteiger partial charge >= 0.3 is 0 Å². The van der Waals surface area contributed by atoms with Gasteiger partial charge in [0.1, 0.15) is 0 Å². The summed E-state index contributed by atoms with van der Waals surface area (Å²) in [5.41, 5.74) is 11.3. The summed E-state index contributed by atoms with van der Waals surface area (Å²) in [4.78, 5) is 28.4. The first kappa shape index (κ1) is 26.6. The molecule has 0 heterocycles. The van der Waals surface area contributed by atoms with Crippen molar-refractivity contribution in [3.05, 3.63) is 101 Å². The standard InChI is InChI=1S/C31H38N4O2/c1-22-12-14-24(15-13-22)30(36)34-29-20-25(31(37)33-28-11-7-6-10-27(28)32)16-17-26(29)21-35(2)19-18-23-8-4-3-5-9-23/h3-5,8-9,12-17,20,27-28H,6-7,10-11,18-19,21,32H2,1-2H3,(H,33,37)(H,34,36). The molecule has 37 heavy (non-hydrogen) atoms. The number of aryl methyl sites for hydroxylation is 1. The largest absolute Gasteiger partial charge is 0.348 e. The molecule has 1 saturated carbocycles. The Morgan fingerprint density at radius 3 is 2.35 bits per heavy atom. The van der Waals surface area contributed by atoms with Crippen LogP contribution in [0.15, 0.2) is 72.8 Å². The van der Waals surface area contributed by atoms with Crippen LogP contribution >= 0.6 is 0 Å². The van der Waals surface area contributed by atoms with Crippen LogP contribution < -0.4 is 16.4 Å². The van der Waals surface area contributed by atoms with Crippen LogP contribution in [0.1, 0.15) is 63.1 Å². The molecular formula is C31H38N4O2. The van der Waals surface area contributed by atoms with E-state index in [1.54, 1.807) is 6.07 Å². The maximum Gasteiger partial charge on any atom is 0.255 e. The SMILES string of the molecule is Cc1ccc(C(=O)Nc2cc(C(=O)NC3CCCCC3N)ccc2CN(C)CCc2ccccc2)cc1. The van der Waals surface area contributed by atoms with Gasteiger partial charge < -0.3 is 21.3 Å². The van der Waals surface area contributed by atoms with Gasteiger partial charge in [-0.15, -0.1) is 0 Å². The van der Waals surface area contributed by atoms with E-state index in [9.17, 15) is 9.59 Å². The first-order chi connectivity index (χ1) is 17.9. The summed E-state index contributed by atoms with van der Waals surface area (Å²) in [5, 5.41) is 6.18. The Balaban J connectivity index is 1.51. The van der Waals surface area contributed by atoms with Crippen molar-refractivity contribution in [1.29, 1.82) is 0 Å². The highest BCUT2D eigenvalue weighted by Crippen LogP contribution is 2.23. The number of nitrogens with two attached hydrogens (primary N) is 1. The van der Waals surface area contributed by atoms with Gasteiger partial charge in [0.25, 0.3) is 11.8 Å². The van der Waals surface area contributed by atoms with Crippen LogP contribution in [0.25, 0.3) is 0 Å². The number of nitrogens with zero attached hydrogens (tertiary/aromatic N) is 1. The lowest BCUT2D eigenvalue weighted by Crippen LogP contribution is -2.49. The van der Waals surface area contributed by atoms with Gasteiger partial charge in [0.2, 0.25) is 0 Å². The van der Waals surface area contributed by atoms with Crippen LogP contribution in [0.4, 0.5) is 5.69 Å². The Kier molecular flexibility index (Phi) is 9.09. The zero-order valence-electron chi connectivity index (χ0n) is 21.9. The Hall–Kier alpha value is -3.48. The van der Waals surface area contributed by atoms with Crippen molar-refractivity contribution in [3.63, 3.8) is 0 Å². The molecule has 6 heteroatoms. The molecule has 1 aliphatic carbocycles. The van der Waals surface area contributed by atoms with Crippen molar-refractivity contribution >= 4 is 17.5 Å². The Morgan fingerprint density at radius 2 is 1.62 bits per heavy atom. The normalized spacial score (nSPS) is 17.4. The number of anilines is 1. The van der Waals surface area contributed by atoms with E-state index in [0.29, 0.717) is 23.4 Å². The average molecular weight is 499 g/mol. The Bertz CT molecular complexity index is 1190. The summed E-state index contributed by atoms with van der Waals surface area (Å²) < 4.78 is 0. The molecular weight excluding hydrogens is 460 g/mol. The zero-order chi connectivity index (χ0) is 26.2. The molecule has 3 aromatic rings. The second-order valence-electron chi connectivity index (χ2n) is 10.2. The van der Waals surface area contributed by atoms with Gasteiger partial charge in [0.05, 0.1) is 0 Å². The highest BCUT2D eigenvalue weighted by molar-refractivity contribution is 6.05. The van der Waals surface area contributed by atoms with E-state index in [4.69, 9.17) is 5.73 Å². The molecule has 4 rings (SSSR count). The number of carbonyl (C=O) groups is 2. The molecule has 4 N–H and O–H groups in total. The van der Waals surface area contributed by atoms with Crippen molar-refractivity contribution in [2.45, 2.75) is 57.7 Å². The topological polar surface area (TPSA) is 87.5 Å². The highest BCUT2D eigenvalue weighted by atomic mass is 16.2. The van der Waals surface area contributed by atoms with Crippen molar-refractivity contribution in [3.8, 4) is 0 Å². The third-order valence-electron chi connectivity index (χ3n) is 7.14. The van der Waals surface area contributed by atoms with Crippen molar-refractivity contribution in [1.82, 2.24) is 10.2 Å². The quantitative estimate of drug-likeness (QED) is 0.391. The van der Waals surface area contributed by atoms with E-state index >= 15 is 0 Å². The van der Waals surface area contributed by atoms with Gasteiger partial charge in [-0.3, -0.25) is 9.59 Å². The second kappa shape index (κ2) is 12.7. The number of hydrogen-bond donors (Lipinski definition) is 3. The second-order valence-corrected chi connectivity index (χ2v) is 10.2. The molecule has 0 aliphatic heterocycles. The molecule has 2 atom stereocenters. The van der Waals surface area contributed by atoms with Crippen LogP contribution in [0, 0.1) is 6.92 Å². The predicted molar refractivity (Wildman–Crippen MR) is 150 cm³/mol. The number of carbonyl (C=O) groups excluding carboxylic acids is 2. The molecule has 1 aliphatic rings. The molecule has 0 radical (unpaired) electrons. The molecule has 2 amide bonds. The minimum absolute atomic E-state index is 0.0176. The summed E-state index contributed by atoms with van der Waals surface area (Å²) in [5.74, 6) is -0.350.